The number of nitrogens with one attached hydrogen (secondary N) is 1. The molecule has 0 saturated carbocycles. The van der Waals surface area contributed by atoms with Gasteiger partial charge in [0, 0.05) is 24.7 Å². The Labute approximate surface area is 120 Å². The molecule has 20 heavy (non-hydrogen) atoms. The molecule has 2 rings (SSSR count). The van der Waals surface area contributed by atoms with Gasteiger partial charge in [0.15, 0.2) is 0 Å². The fourth-order valence-electron chi connectivity index (χ4n) is 2.52. The number of aryl methyl sites for hydroxylation is 1. The first-order chi connectivity index (χ1) is 9.60. The molecule has 1 aromatic heterocycles. The number of aromatic nitrogens is 2. The molecule has 0 radical (unpaired) electrons. The summed E-state index contributed by atoms with van der Waals surface area (Å²) in [6.07, 6.45) is 3.89. The Kier molecular flexibility index (Phi) is 4.84. The van der Waals surface area contributed by atoms with E-state index in [-0.39, 0.29) is 5.91 Å². The van der Waals surface area contributed by atoms with E-state index in [1.807, 2.05) is 6.92 Å². The van der Waals surface area contributed by atoms with Crippen LogP contribution >= 0.6 is 0 Å². The van der Waals surface area contributed by atoms with Crippen LogP contribution in [-0.2, 0) is 0 Å². The molecule has 1 atom stereocenters. The number of likely N-dealkylation sites (N-methyl/N-ethyl adjacent to an activating group) is 1. The fraction of sp³-hybridized carbons (Fsp3) is 0.533. The van der Waals surface area contributed by atoms with Crippen LogP contribution in [0.3, 0.4) is 0 Å². The largest absolute Gasteiger partial charge is 0.347 e. The summed E-state index contributed by atoms with van der Waals surface area (Å²) in [4.78, 5) is 23.3. The van der Waals surface area contributed by atoms with E-state index >= 15 is 0 Å². The van der Waals surface area contributed by atoms with Crippen LogP contribution in [0.2, 0.25) is 0 Å². The first-order valence-electron chi connectivity index (χ1n) is 7.03. The average molecular weight is 274 g/mol. The van der Waals surface area contributed by atoms with E-state index < -0.39 is 0 Å². The number of piperidine rings is 1. The molecule has 5 nitrogen and oxygen atoms in total. The molecule has 1 unspecified atom stereocenters. The molecule has 0 aliphatic carbocycles. The van der Waals surface area contributed by atoms with Gasteiger partial charge in [-0.05, 0) is 39.4 Å². The Hall–Kier alpha value is -1.75. The SMILES string of the molecule is C=CCNC(=O)c1cc(C)nc(C2CCCN(C)C2)n1. The van der Waals surface area contributed by atoms with Crippen molar-refractivity contribution in [1.82, 2.24) is 20.2 Å². The van der Waals surface area contributed by atoms with Crippen molar-refractivity contribution < 1.29 is 4.79 Å². The highest BCUT2D eigenvalue weighted by Gasteiger charge is 2.22. The summed E-state index contributed by atoms with van der Waals surface area (Å²) >= 11 is 0. The van der Waals surface area contributed by atoms with Crippen molar-refractivity contribution in [3.63, 3.8) is 0 Å². The zero-order chi connectivity index (χ0) is 14.5. The molecule has 1 aromatic rings. The smallest absolute Gasteiger partial charge is 0.270 e. The first-order valence-corrected chi connectivity index (χ1v) is 7.03. The summed E-state index contributed by atoms with van der Waals surface area (Å²) in [5.74, 6) is 0.945. The lowest BCUT2D eigenvalue weighted by molar-refractivity contribution is 0.0952. The molecule has 0 spiro atoms. The van der Waals surface area contributed by atoms with E-state index in [4.69, 9.17) is 0 Å². The quantitative estimate of drug-likeness (QED) is 0.846. The number of hydrogen-bond donors (Lipinski definition) is 1. The molecule has 1 N–H and O–H groups in total. The van der Waals surface area contributed by atoms with Gasteiger partial charge in [0.1, 0.15) is 11.5 Å². The minimum atomic E-state index is -0.166. The Balaban J connectivity index is 2.19. The van der Waals surface area contributed by atoms with Gasteiger partial charge in [0.2, 0.25) is 0 Å². The molecule has 2 heterocycles. The van der Waals surface area contributed by atoms with E-state index in [0.717, 1.165) is 37.4 Å². The second-order valence-electron chi connectivity index (χ2n) is 5.35. The number of carbonyl (C=O) groups is 1. The summed E-state index contributed by atoms with van der Waals surface area (Å²) in [7, 11) is 2.11. The average Bonchev–Trinajstić information content (AvgIpc) is 2.44. The van der Waals surface area contributed by atoms with Crippen LogP contribution in [-0.4, -0.2) is 47.5 Å². The maximum absolute atomic E-state index is 12.0. The Morgan fingerprint density at radius 3 is 3.10 bits per heavy atom. The van der Waals surface area contributed by atoms with Gasteiger partial charge in [-0.25, -0.2) is 9.97 Å². The number of likely N-dealkylation sites (tertiary alicyclic amines) is 1. The number of hydrogen-bond acceptors (Lipinski definition) is 4. The third-order valence-electron chi connectivity index (χ3n) is 3.50. The molecule has 0 aromatic carbocycles. The standard InChI is InChI=1S/C15H22N4O/c1-4-7-16-15(20)13-9-11(2)17-14(18-13)12-6-5-8-19(3)10-12/h4,9,12H,1,5-8,10H2,2-3H3,(H,16,20). The van der Waals surface area contributed by atoms with Crippen LogP contribution in [0.25, 0.3) is 0 Å². The molecule has 1 aliphatic heterocycles. The monoisotopic (exact) mass is 274 g/mol. The summed E-state index contributed by atoms with van der Waals surface area (Å²) in [6.45, 7) is 8.02. The van der Waals surface area contributed by atoms with Gasteiger partial charge >= 0.3 is 0 Å². The Morgan fingerprint density at radius 1 is 1.60 bits per heavy atom. The van der Waals surface area contributed by atoms with Gasteiger partial charge in [-0.15, -0.1) is 6.58 Å². The summed E-state index contributed by atoms with van der Waals surface area (Å²) in [5.41, 5.74) is 1.29. The predicted octanol–water partition coefficient (Wildman–Crippen LogP) is 1.51. The molecule has 0 bridgehead atoms. The van der Waals surface area contributed by atoms with Crippen LogP contribution < -0.4 is 5.32 Å². The Bertz CT molecular complexity index is 501. The number of amides is 1. The second kappa shape index (κ2) is 6.61. The van der Waals surface area contributed by atoms with Gasteiger partial charge in [-0.3, -0.25) is 4.79 Å². The fourth-order valence-corrected chi connectivity index (χ4v) is 2.52. The molecular formula is C15H22N4O. The van der Waals surface area contributed by atoms with Crippen LogP contribution in [0.5, 0.6) is 0 Å². The van der Waals surface area contributed by atoms with Gasteiger partial charge in [-0.2, -0.15) is 0 Å². The van der Waals surface area contributed by atoms with E-state index in [2.05, 4.69) is 33.8 Å². The van der Waals surface area contributed by atoms with Crippen LogP contribution in [0.15, 0.2) is 18.7 Å². The lowest BCUT2D eigenvalue weighted by Crippen LogP contribution is -2.32. The van der Waals surface area contributed by atoms with Gasteiger partial charge in [0.05, 0.1) is 0 Å². The predicted molar refractivity (Wildman–Crippen MR) is 78.8 cm³/mol. The molecule has 1 fully saturated rings. The minimum Gasteiger partial charge on any atom is -0.347 e. The van der Waals surface area contributed by atoms with Crippen molar-refractivity contribution in [2.75, 3.05) is 26.7 Å². The van der Waals surface area contributed by atoms with Crippen LogP contribution in [0.1, 0.15) is 40.8 Å². The van der Waals surface area contributed by atoms with Crippen molar-refractivity contribution >= 4 is 5.91 Å². The second-order valence-corrected chi connectivity index (χ2v) is 5.35. The molecule has 1 aliphatic rings. The van der Waals surface area contributed by atoms with Gasteiger partial charge in [0.25, 0.3) is 5.91 Å². The number of rotatable bonds is 4. The zero-order valence-electron chi connectivity index (χ0n) is 12.2. The number of nitrogens with zero attached hydrogens (tertiary/aromatic N) is 3. The molecule has 108 valence electrons. The molecule has 5 heteroatoms. The van der Waals surface area contributed by atoms with Gasteiger partial charge in [-0.1, -0.05) is 6.08 Å². The topological polar surface area (TPSA) is 58.1 Å². The van der Waals surface area contributed by atoms with Crippen molar-refractivity contribution in [1.29, 1.82) is 0 Å². The lowest BCUT2D eigenvalue weighted by atomic mass is 9.97. The zero-order valence-corrected chi connectivity index (χ0v) is 12.2. The van der Waals surface area contributed by atoms with Crippen molar-refractivity contribution in [2.24, 2.45) is 0 Å². The maximum atomic E-state index is 12.0. The van der Waals surface area contributed by atoms with E-state index in [9.17, 15) is 4.79 Å². The maximum Gasteiger partial charge on any atom is 0.270 e. The van der Waals surface area contributed by atoms with Crippen molar-refractivity contribution in [3.05, 3.63) is 35.9 Å². The lowest BCUT2D eigenvalue weighted by Gasteiger charge is -2.28. The highest BCUT2D eigenvalue weighted by molar-refractivity contribution is 5.92. The van der Waals surface area contributed by atoms with Gasteiger partial charge < -0.3 is 10.2 Å². The summed E-state index contributed by atoms with van der Waals surface area (Å²) < 4.78 is 0. The van der Waals surface area contributed by atoms with Crippen molar-refractivity contribution in [2.45, 2.75) is 25.7 Å². The summed E-state index contributed by atoms with van der Waals surface area (Å²) in [6, 6.07) is 1.73. The number of carbonyl (C=O) groups excluding carboxylic acids is 1. The van der Waals surface area contributed by atoms with Crippen molar-refractivity contribution in [3.8, 4) is 0 Å². The Morgan fingerprint density at radius 2 is 2.40 bits per heavy atom. The normalized spacial score (nSPS) is 19.6. The highest BCUT2D eigenvalue weighted by atomic mass is 16.1. The van der Waals surface area contributed by atoms with E-state index in [0.29, 0.717) is 18.2 Å². The molecule has 1 saturated heterocycles. The third kappa shape index (κ3) is 3.63. The molecular weight excluding hydrogens is 252 g/mol. The first kappa shape index (κ1) is 14.7. The summed E-state index contributed by atoms with van der Waals surface area (Å²) in [5, 5.41) is 2.76. The highest BCUT2D eigenvalue weighted by Crippen LogP contribution is 2.23. The minimum absolute atomic E-state index is 0.166. The van der Waals surface area contributed by atoms with Crippen LogP contribution in [0, 0.1) is 6.92 Å². The van der Waals surface area contributed by atoms with Crippen LogP contribution in [0.4, 0.5) is 0 Å². The van der Waals surface area contributed by atoms with E-state index in [1.54, 1.807) is 12.1 Å². The third-order valence-corrected chi connectivity index (χ3v) is 3.50. The van der Waals surface area contributed by atoms with E-state index in [1.165, 1.54) is 0 Å². The molecule has 1 amide bonds.